The van der Waals surface area contributed by atoms with Crippen LogP contribution in [0.15, 0.2) is 97.2 Å². The Morgan fingerprint density at radius 2 is 1.54 bits per heavy atom. The zero-order chi connectivity index (χ0) is 25.5. The van der Waals surface area contributed by atoms with Crippen LogP contribution in [0.4, 0.5) is 11.4 Å². The molecule has 2 heterocycles. The minimum absolute atomic E-state index is 0.0225. The Morgan fingerprint density at radius 1 is 0.865 bits per heavy atom. The highest BCUT2D eigenvalue weighted by Crippen LogP contribution is 2.42. The molecular formula is C29H24N4O4. The molecule has 1 saturated carbocycles. The number of nitro groups is 1. The molecule has 6 rings (SSSR count). The van der Waals surface area contributed by atoms with E-state index in [1.165, 1.54) is 24.3 Å². The number of para-hydroxylation sites is 2. The second-order valence-electron chi connectivity index (χ2n) is 9.34. The quantitative estimate of drug-likeness (QED) is 0.276. The van der Waals surface area contributed by atoms with Gasteiger partial charge in [0, 0.05) is 29.9 Å². The first-order chi connectivity index (χ1) is 18.0. The lowest BCUT2D eigenvalue weighted by Gasteiger charge is -2.39. The summed E-state index contributed by atoms with van der Waals surface area (Å²) in [6.07, 6.45) is 3.65. The van der Waals surface area contributed by atoms with Gasteiger partial charge in [-0.2, -0.15) is 0 Å². The third-order valence-corrected chi connectivity index (χ3v) is 6.98. The minimum Gasteiger partial charge on any atom is -0.326 e. The molecule has 1 unspecified atom stereocenters. The smallest absolute Gasteiger partial charge is 0.269 e. The first kappa shape index (κ1) is 22.7. The molecule has 1 aliphatic carbocycles. The maximum atomic E-state index is 14.1. The van der Waals surface area contributed by atoms with E-state index in [2.05, 4.69) is 4.57 Å². The largest absolute Gasteiger partial charge is 0.326 e. The number of nitrogens with zero attached hydrogens (tertiary/aromatic N) is 4. The van der Waals surface area contributed by atoms with Gasteiger partial charge in [0.05, 0.1) is 22.0 Å². The number of benzene rings is 3. The molecule has 1 fully saturated rings. The fourth-order valence-electron chi connectivity index (χ4n) is 5.08. The fraction of sp³-hybridized carbons (Fsp3) is 0.172. The number of anilines is 1. The van der Waals surface area contributed by atoms with Crippen molar-refractivity contribution < 1.29 is 14.5 Å². The van der Waals surface area contributed by atoms with Crippen molar-refractivity contribution >= 4 is 23.2 Å². The Kier molecular flexibility index (Phi) is 5.56. The van der Waals surface area contributed by atoms with E-state index in [-0.39, 0.29) is 36.1 Å². The summed E-state index contributed by atoms with van der Waals surface area (Å²) in [6.45, 7) is -0.0845. The molecule has 1 aliphatic heterocycles. The molecule has 0 bridgehead atoms. The molecular weight excluding hydrogens is 468 g/mol. The second kappa shape index (κ2) is 9.05. The lowest BCUT2D eigenvalue weighted by molar-refractivity contribution is -0.384. The second-order valence-corrected chi connectivity index (χ2v) is 9.34. The molecule has 0 radical (unpaired) electrons. The Morgan fingerprint density at radius 3 is 2.22 bits per heavy atom. The van der Waals surface area contributed by atoms with E-state index < -0.39 is 4.92 Å². The summed E-state index contributed by atoms with van der Waals surface area (Å²) in [5, 5.41) is 11.0. The monoisotopic (exact) mass is 492 g/mol. The van der Waals surface area contributed by atoms with Crippen molar-refractivity contribution in [1.29, 1.82) is 0 Å². The van der Waals surface area contributed by atoms with Crippen LogP contribution in [0, 0.1) is 10.1 Å². The first-order valence-electron chi connectivity index (χ1n) is 12.2. The third kappa shape index (κ3) is 4.06. The number of carbonyl (C=O) groups excluding carboxylic acids is 2. The number of non-ortho nitro benzene ring substituents is 1. The minimum atomic E-state index is -0.496. The Labute approximate surface area is 213 Å². The van der Waals surface area contributed by atoms with E-state index in [9.17, 15) is 19.7 Å². The number of nitro benzene ring substituents is 1. The number of hydrogen-bond acceptors (Lipinski definition) is 4. The highest BCUT2D eigenvalue weighted by molar-refractivity contribution is 6.03. The fourth-order valence-corrected chi connectivity index (χ4v) is 5.08. The molecule has 4 aromatic rings. The first-order valence-corrected chi connectivity index (χ1v) is 12.2. The molecule has 8 nitrogen and oxygen atoms in total. The standard InChI is InChI=1S/C29H24N4O4/c34-27(19-31(22-16-17-22)29(35)21-12-14-23(15-13-21)33(36)37)32-25-10-5-4-9-24(25)30-18-6-11-26(30)28(32)20-7-2-1-3-8-20/h1-15,18,22,28H,16-17,19H2. The lowest BCUT2D eigenvalue weighted by Crippen LogP contribution is -2.47. The normalized spacial score (nSPS) is 16.0. The van der Waals surface area contributed by atoms with Crippen molar-refractivity contribution in [1.82, 2.24) is 9.47 Å². The van der Waals surface area contributed by atoms with E-state index in [1.54, 1.807) is 9.80 Å². The topological polar surface area (TPSA) is 88.7 Å². The van der Waals surface area contributed by atoms with Crippen LogP contribution in [0.3, 0.4) is 0 Å². The molecule has 1 atom stereocenters. The summed E-state index contributed by atoms with van der Waals surface area (Å²) in [5.74, 6) is -0.480. The van der Waals surface area contributed by atoms with Gasteiger partial charge in [0.2, 0.25) is 5.91 Å². The molecule has 0 N–H and O–H groups in total. The lowest BCUT2D eigenvalue weighted by atomic mass is 9.97. The van der Waals surface area contributed by atoms with Gasteiger partial charge < -0.3 is 9.47 Å². The maximum absolute atomic E-state index is 14.1. The molecule has 3 aromatic carbocycles. The van der Waals surface area contributed by atoms with Crippen LogP contribution in [0.5, 0.6) is 0 Å². The number of rotatable bonds is 6. The summed E-state index contributed by atoms with van der Waals surface area (Å²) in [6, 6.07) is 26.8. The van der Waals surface area contributed by atoms with E-state index in [0.717, 1.165) is 35.5 Å². The van der Waals surface area contributed by atoms with E-state index in [0.29, 0.717) is 5.56 Å². The van der Waals surface area contributed by atoms with E-state index in [4.69, 9.17) is 0 Å². The predicted molar refractivity (Wildman–Crippen MR) is 139 cm³/mol. The van der Waals surface area contributed by atoms with Crippen LogP contribution in [0.25, 0.3) is 5.69 Å². The van der Waals surface area contributed by atoms with Crippen LogP contribution in [-0.4, -0.2) is 38.8 Å². The zero-order valence-corrected chi connectivity index (χ0v) is 19.9. The predicted octanol–water partition coefficient (Wildman–Crippen LogP) is 5.13. The summed E-state index contributed by atoms with van der Waals surface area (Å²) in [4.78, 5) is 41.5. The number of fused-ring (bicyclic) bond motifs is 3. The van der Waals surface area contributed by atoms with Crippen LogP contribution < -0.4 is 4.90 Å². The molecule has 1 aromatic heterocycles. The van der Waals surface area contributed by atoms with Gasteiger partial charge in [-0.05, 0) is 54.8 Å². The average molecular weight is 493 g/mol. The van der Waals surface area contributed by atoms with Crippen LogP contribution in [-0.2, 0) is 4.79 Å². The van der Waals surface area contributed by atoms with Gasteiger partial charge >= 0.3 is 0 Å². The Hall–Kier alpha value is -4.72. The van der Waals surface area contributed by atoms with Crippen molar-refractivity contribution in [2.45, 2.75) is 24.9 Å². The van der Waals surface area contributed by atoms with Crippen molar-refractivity contribution in [2.24, 2.45) is 0 Å². The van der Waals surface area contributed by atoms with E-state index >= 15 is 0 Å². The van der Waals surface area contributed by atoms with Gasteiger partial charge in [-0.3, -0.25) is 24.6 Å². The number of aromatic nitrogens is 1. The van der Waals surface area contributed by atoms with Crippen molar-refractivity contribution in [3.05, 3.63) is 124 Å². The summed E-state index contributed by atoms with van der Waals surface area (Å²) in [7, 11) is 0. The Balaban J connectivity index is 1.37. The summed E-state index contributed by atoms with van der Waals surface area (Å²) >= 11 is 0. The number of carbonyl (C=O) groups is 2. The van der Waals surface area contributed by atoms with Gasteiger partial charge in [0.25, 0.3) is 11.6 Å². The summed E-state index contributed by atoms with van der Waals surface area (Å²) < 4.78 is 2.11. The maximum Gasteiger partial charge on any atom is 0.269 e. The number of hydrogen-bond donors (Lipinski definition) is 0. The van der Waals surface area contributed by atoms with Gasteiger partial charge in [-0.25, -0.2) is 0 Å². The average Bonchev–Trinajstić information content (AvgIpc) is 3.66. The highest BCUT2D eigenvalue weighted by atomic mass is 16.6. The van der Waals surface area contributed by atoms with Gasteiger partial charge in [-0.1, -0.05) is 42.5 Å². The molecule has 184 valence electrons. The number of amides is 2. The van der Waals surface area contributed by atoms with Crippen molar-refractivity contribution in [3.63, 3.8) is 0 Å². The van der Waals surface area contributed by atoms with Crippen molar-refractivity contribution in [2.75, 3.05) is 11.4 Å². The van der Waals surface area contributed by atoms with Crippen LogP contribution in [0.1, 0.15) is 40.5 Å². The zero-order valence-electron chi connectivity index (χ0n) is 19.9. The molecule has 8 heteroatoms. The molecule has 2 aliphatic rings. The molecule has 2 amide bonds. The van der Waals surface area contributed by atoms with Gasteiger partial charge in [0.15, 0.2) is 0 Å². The third-order valence-electron chi connectivity index (χ3n) is 6.98. The van der Waals surface area contributed by atoms with Crippen LogP contribution >= 0.6 is 0 Å². The molecule has 0 saturated heterocycles. The van der Waals surface area contributed by atoms with E-state index in [1.807, 2.05) is 72.9 Å². The summed E-state index contributed by atoms with van der Waals surface area (Å²) in [5.41, 5.74) is 3.89. The van der Waals surface area contributed by atoms with Gasteiger partial charge in [0.1, 0.15) is 12.6 Å². The Bertz CT molecular complexity index is 1490. The van der Waals surface area contributed by atoms with Crippen molar-refractivity contribution in [3.8, 4) is 5.69 Å². The van der Waals surface area contributed by atoms with Crippen LogP contribution in [0.2, 0.25) is 0 Å². The molecule has 0 spiro atoms. The van der Waals surface area contributed by atoms with Gasteiger partial charge in [-0.15, -0.1) is 0 Å². The molecule has 37 heavy (non-hydrogen) atoms. The SMILES string of the molecule is O=C(c1ccc([N+](=O)[O-])cc1)N(CC(=O)N1c2ccccc2-n2cccc2C1c1ccccc1)C1CC1. The highest BCUT2D eigenvalue weighted by Gasteiger charge is 2.40.